The van der Waals surface area contributed by atoms with E-state index in [2.05, 4.69) is 11.8 Å². The van der Waals surface area contributed by atoms with Crippen molar-refractivity contribution in [2.75, 3.05) is 0 Å². The second kappa shape index (κ2) is 5.29. The van der Waals surface area contributed by atoms with Crippen LogP contribution in [0.4, 0.5) is 4.39 Å². The van der Waals surface area contributed by atoms with Gasteiger partial charge in [0.25, 0.3) is 0 Å². The lowest BCUT2D eigenvalue weighted by atomic mass is 10.1. The van der Waals surface area contributed by atoms with Gasteiger partial charge in [-0.05, 0) is 19.1 Å². The monoisotopic (exact) mass is 221 g/mol. The molecule has 1 aromatic carbocycles. The van der Waals surface area contributed by atoms with Crippen molar-refractivity contribution in [3.05, 3.63) is 35.4 Å². The highest BCUT2D eigenvalue weighted by molar-refractivity contribution is 5.74. The molecule has 2 atom stereocenters. The first-order valence-electron chi connectivity index (χ1n) is 4.71. The van der Waals surface area contributed by atoms with Gasteiger partial charge in [0, 0.05) is 5.56 Å². The van der Waals surface area contributed by atoms with E-state index in [0.717, 1.165) is 5.56 Å². The van der Waals surface area contributed by atoms with Gasteiger partial charge in [0.05, 0.1) is 0 Å². The zero-order valence-electron chi connectivity index (χ0n) is 8.77. The zero-order valence-corrected chi connectivity index (χ0v) is 8.77. The second-order valence-electron chi connectivity index (χ2n) is 3.40. The first-order chi connectivity index (χ1) is 7.50. The number of halogens is 1. The molecule has 1 rings (SSSR count). The quantitative estimate of drug-likeness (QED) is 0.735. The van der Waals surface area contributed by atoms with Gasteiger partial charge < -0.3 is 10.8 Å². The number of aryl methyl sites for hydroxylation is 1. The largest absolute Gasteiger partial charge is 0.480 e. The molecule has 0 radical (unpaired) electrons. The fraction of sp³-hybridized carbons (Fsp3) is 0.250. The van der Waals surface area contributed by atoms with E-state index in [9.17, 15) is 9.18 Å². The average Bonchev–Trinajstić information content (AvgIpc) is 2.26. The van der Waals surface area contributed by atoms with Crippen LogP contribution in [-0.4, -0.2) is 23.3 Å². The number of hydrogen-bond donors (Lipinski definition) is 2. The molecular weight excluding hydrogens is 209 g/mol. The minimum atomic E-state index is -1.86. The summed E-state index contributed by atoms with van der Waals surface area (Å²) in [4.78, 5) is 10.4. The zero-order chi connectivity index (χ0) is 12.1. The Morgan fingerprint density at radius 2 is 2.00 bits per heavy atom. The average molecular weight is 221 g/mol. The lowest BCUT2D eigenvalue weighted by Crippen LogP contribution is -2.38. The Morgan fingerprint density at radius 1 is 1.44 bits per heavy atom. The van der Waals surface area contributed by atoms with Gasteiger partial charge in [-0.3, -0.25) is 4.79 Å². The highest BCUT2D eigenvalue weighted by Gasteiger charge is 2.21. The van der Waals surface area contributed by atoms with Crippen molar-refractivity contribution in [1.82, 2.24) is 0 Å². The first kappa shape index (κ1) is 12.2. The standard InChI is InChI=1S/C12H12FNO2/c1-8-2-4-9(5-3-8)6-7-10(13)11(14)12(15)16/h2-5,10-11H,14H2,1H3,(H,15,16)/t10-,11+/m0/s1. The minimum absolute atomic E-state index is 0.630. The van der Waals surface area contributed by atoms with Gasteiger partial charge in [-0.15, -0.1) is 0 Å². The lowest BCUT2D eigenvalue weighted by Gasteiger charge is -2.04. The third kappa shape index (κ3) is 3.37. The number of benzene rings is 1. The molecular formula is C12H12FNO2. The van der Waals surface area contributed by atoms with E-state index in [4.69, 9.17) is 10.8 Å². The highest BCUT2D eigenvalue weighted by atomic mass is 19.1. The number of carbonyl (C=O) groups is 1. The summed E-state index contributed by atoms with van der Waals surface area (Å²) in [6.07, 6.45) is -1.86. The molecule has 0 heterocycles. The Kier molecular flexibility index (Phi) is 4.03. The van der Waals surface area contributed by atoms with Crippen LogP contribution in [0, 0.1) is 18.8 Å². The van der Waals surface area contributed by atoms with Gasteiger partial charge in [0.2, 0.25) is 0 Å². The van der Waals surface area contributed by atoms with Gasteiger partial charge >= 0.3 is 5.97 Å². The molecule has 0 aliphatic heterocycles. The van der Waals surface area contributed by atoms with Crippen molar-refractivity contribution < 1.29 is 14.3 Å². The van der Waals surface area contributed by atoms with Crippen LogP contribution >= 0.6 is 0 Å². The Hall–Kier alpha value is -1.86. The number of hydrogen-bond acceptors (Lipinski definition) is 2. The third-order valence-corrected chi connectivity index (χ3v) is 2.01. The molecule has 0 amide bonds. The van der Waals surface area contributed by atoms with E-state index in [1.54, 1.807) is 12.1 Å². The molecule has 0 unspecified atom stereocenters. The summed E-state index contributed by atoms with van der Waals surface area (Å²) in [6, 6.07) is 5.56. The Labute approximate surface area is 93.1 Å². The third-order valence-electron chi connectivity index (χ3n) is 2.01. The summed E-state index contributed by atoms with van der Waals surface area (Å²) >= 11 is 0. The van der Waals surface area contributed by atoms with Crippen LogP contribution in [0.2, 0.25) is 0 Å². The predicted octanol–water partition coefficient (Wildman–Crippen LogP) is 1.10. The molecule has 3 nitrogen and oxygen atoms in total. The molecule has 4 heteroatoms. The lowest BCUT2D eigenvalue weighted by molar-refractivity contribution is -0.139. The maximum absolute atomic E-state index is 13.1. The van der Waals surface area contributed by atoms with Gasteiger partial charge in [0.1, 0.15) is 6.04 Å². The Morgan fingerprint density at radius 3 is 2.50 bits per heavy atom. The smallest absolute Gasteiger partial charge is 0.324 e. The van der Waals surface area contributed by atoms with Crippen LogP contribution in [0.5, 0.6) is 0 Å². The summed E-state index contributed by atoms with van der Waals surface area (Å²) in [5.74, 6) is 3.32. The van der Waals surface area contributed by atoms with Crippen molar-refractivity contribution in [2.24, 2.45) is 5.73 Å². The molecule has 0 spiro atoms. The van der Waals surface area contributed by atoms with Crippen LogP contribution in [0.3, 0.4) is 0 Å². The molecule has 0 bridgehead atoms. The summed E-state index contributed by atoms with van der Waals surface area (Å²) in [7, 11) is 0. The molecule has 0 aromatic heterocycles. The van der Waals surface area contributed by atoms with Crippen LogP contribution < -0.4 is 5.73 Å². The van der Waals surface area contributed by atoms with Gasteiger partial charge in [-0.2, -0.15) is 0 Å². The number of rotatable bonds is 2. The fourth-order valence-electron chi connectivity index (χ4n) is 1.00. The van der Waals surface area contributed by atoms with E-state index in [1.807, 2.05) is 19.1 Å². The molecule has 3 N–H and O–H groups in total. The SMILES string of the molecule is Cc1ccc(C#C[C@H](F)[C@@H](N)C(=O)O)cc1. The van der Waals surface area contributed by atoms with Crippen LogP contribution in [0.25, 0.3) is 0 Å². The fourth-order valence-corrected chi connectivity index (χ4v) is 1.00. The normalized spacial score (nSPS) is 13.4. The highest BCUT2D eigenvalue weighted by Crippen LogP contribution is 2.02. The van der Waals surface area contributed by atoms with Crippen molar-refractivity contribution in [3.8, 4) is 11.8 Å². The molecule has 0 fully saturated rings. The summed E-state index contributed by atoms with van der Waals surface area (Å²) in [5.41, 5.74) is 6.78. The number of nitrogens with two attached hydrogens (primary N) is 1. The number of aliphatic carboxylic acids is 1. The number of carboxylic acid groups (broad SMARTS) is 1. The van der Waals surface area contributed by atoms with Crippen LogP contribution in [-0.2, 0) is 4.79 Å². The molecule has 0 saturated heterocycles. The Bertz CT molecular complexity index is 431. The second-order valence-corrected chi connectivity index (χ2v) is 3.40. The van der Waals surface area contributed by atoms with E-state index in [1.165, 1.54) is 0 Å². The summed E-state index contributed by atoms with van der Waals surface area (Å²) < 4.78 is 13.1. The van der Waals surface area contributed by atoms with Gasteiger partial charge in [-0.1, -0.05) is 29.5 Å². The molecule has 0 saturated carbocycles. The molecule has 0 aliphatic carbocycles. The Balaban J connectivity index is 2.74. The number of alkyl halides is 1. The van der Waals surface area contributed by atoms with Crippen LogP contribution in [0.1, 0.15) is 11.1 Å². The van der Waals surface area contributed by atoms with Crippen molar-refractivity contribution >= 4 is 5.97 Å². The maximum atomic E-state index is 13.1. The van der Waals surface area contributed by atoms with E-state index >= 15 is 0 Å². The topological polar surface area (TPSA) is 63.3 Å². The van der Waals surface area contributed by atoms with Crippen molar-refractivity contribution in [1.29, 1.82) is 0 Å². The first-order valence-corrected chi connectivity index (χ1v) is 4.71. The molecule has 0 aliphatic rings. The van der Waals surface area contributed by atoms with Crippen molar-refractivity contribution in [3.63, 3.8) is 0 Å². The van der Waals surface area contributed by atoms with E-state index < -0.39 is 18.2 Å². The predicted molar refractivity (Wildman–Crippen MR) is 58.6 cm³/mol. The summed E-state index contributed by atoms with van der Waals surface area (Å²) in [6.45, 7) is 1.93. The van der Waals surface area contributed by atoms with Gasteiger partial charge in [-0.25, -0.2) is 4.39 Å². The molecule has 84 valence electrons. The minimum Gasteiger partial charge on any atom is -0.480 e. The summed E-state index contributed by atoms with van der Waals surface area (Å²) in [5, 5.41) is 8.45. The molecule has 16 heavy (non-hydrogen) atoms. The van der Waals surface area contributed by atoms with E-state index in [0.29, 0.717) is 5.56 Å². The van der Waals surface area contributed by atoms with Gasteiger partial charge in [0.15, 0.2) is 6.17 Å². The molecule has 1 aromatic rings. The van der Waals surface area contributed by atoms with Crippen LogP contribution in [0.15, 0.2) is 24.3 Å². The van der Waals surface area contributed by atoms with E-state index in [-0.39, 0.29) is 0 Å². The van der Waals surface area contributed by atoms with Crippen molar-refractivity contribution in [2.45, 2.75) is 19.1 Å². The maximum Gasteiger partial charge on any atom is 0.324 e. The number of carboxylic acids is 1.